The molecule has 2 aliphatic heterocycles. The first-order valence-corrected chi connectivity index (χ1v) is 11.3. The topological polar surface area (TPSA) is 62.2 Å². The van der Waals surface area contributed by atoms with E-state index in [1.165, 1.54) is 0 Å². The molecule has 0 saturated carbocycles. The van der Waals surface area contributed by atoms with Crippen molar-refractivity contribution < 1.29 is 28.2 Å². The predicted molar refractivity (Wildman–Crippen MR) is 115 cm³/mol. The Kier molecular flexibility index (Phi) is 8.53. The number of rotatable bonds is 16. The Morgan fingerprint density at radius 2 is 1.66 bits per heavy atom. The van der Waals surface area contributed by atoms with Gasteiger partial charge in [0.2, 0.25) is 0 Å². The molecule has 0 aliphatic carbocycles. The van der Waals surface area contributed by atoms with E-state index < -0.39 is 0 Å². The minimum Gasteiger partial charge on any atom is -0.380 e. The number of nitrogens with one attached hydrogen (secondary N) is 1. The first-order chi connectivity index (χ1) is 13.4. The molecule has 1 unspecified atom stereocenters. The van der Waals surface area contributed by atoms with Gasteiger partial charge in [-0.2, -0.15) is 4.65 Å². The van der Waals surface area contributed by atoms with Crippen LogP contribution in [0.3, 0.4) is 0 Å². The van der Waals surface area contributed by atoms with Crippen molar-refractivity contribution in [3.63, 3.8) is 0 Å². The van der Waals surface area contributed by atoms with Gasteiger partial charge >= 0.3 is 0 Å². The van der Waals surface area contributed by atoms with Crippen LogP contribution >= 0.6 is 0 Å². The minimum absolute atomic E-state index is 0.0548. The number of nitrogens with zero attached hydrogens (tertiary/aromatic N) is 2. The third-order valence-electron chi connectivity index (χ3n) is 7.20. The molecule has 2 saturated heterocycles. The molecular weight excluding hydrogens is 370 g/mol. The number of hydroxylamine groups is 3. The van der Waals surface area contributed by atoms with Gasteiger partial charge in [-0.3, -0.25) is 4.48 Å². The molecule has 2 fully saturated rings. The van der Waals surface area contributed by atoms with E-state index in [1.54, 1.807) is 0 Å². The normalized spacial score (nSPS) is 24.4. The Bertz CT molecular complexity index is 504. The molecule has 29 heavy (non-hydrogen) atoms. The van der Waals surface area contributed by atoms with Gasteiger partial charge in [0.25, 0.3) is 5.72 Å². The van der Waals surface area contributed by atoms with Crippen molar-refractivity contribution in [3.8, 4) is 0 Å². The Balaban J connectivity index is 1.85. The molecular formula is C22H47N3O4+2. The summed E-state index contributed by atoms with van der Waals surface area (Å²) in [5, 5.41) is 3.28. The van der Waals surface area contributed by atoms with Crippen LogP contribution in [0.2, 0.25) is 0 Å². The minimum atomic E-state index is -0.292. The molecule has 2 aliphatic rings. The van der Waals surface area contributed by atoms with E-state index in [2.05, 4.69) is 61.2 Å². The predicted octanol–water partition coefficient (Wildman–Crippen LogP) is 2.16. The number of ether oxygens (including phenoxy) is 3. The lowest BCUT2D eigenvalue weighted by atomic mass is 9.99. The van der Waals surface area contributed by atoms with E-state index in [9.17, 15) is 0 Å². The highest BCUT2D eigenvalue weighted by Crippen LogP contribution is 2.34. The van der Waals surface area contributed by atoms with Crippen LogP contribution in [0.25, 0.3) is 0 Å². The van der Waals surface area contributed by atoms with Gasteiger partial charge in [0.15, 0.2) is 0 Å². The molecule has 0 radical (unpaired) electrons. The van der Waals surface area contributed by atoms with Crippen molar-refractivity contribution >= 4 is 0 Å². The van der Waals surface area contributed by atoms with Crippen molar-refractivity contribution in [3.05, 3.63) is 0 Å². The second-order valence-electron chi connectivity index (χ2n) is 10.5. The van der Waals surface area contributed by atoms with Gasteiger partial charge in [-0.05, 0) is 13.8 Å². The number of hydrogen-bond acceptors (Lipinski definition) is 5. The van der Waals surface area contributed by atoms with Crippen LogP contribution < -0.4 is 5.32 Å². The molecule has 3 atom stereocenters. The van der Waals surface area contributed by atoms with Gasteiger partial charge in [-0.1, -0.05) is 6.92 Å². The van der Waals surface area contributed by atoms with E-state index in [0.717, 1.165) is 69.9 Å². The van der Waals surface area contributed by atoms with Gasteiger partial charge < -0.3 is 19.5 Å². The third kappa shape index (κ3) is 7.42. The summed E-state index contributed by atoms with van der Waals surface area (Å²) in [6, 6.07) is 0.569. The summed E-state index contributed by atoms with van der Waals surface area (Å²) in [5.41, 5.74) is -0.347. The average molecular weight is 418 g/mol. The molecule has 0 aromatic heterocycles. The molecule has 2 heterocycles. The lowest BCUT2D eigenvalue weighted by Gasteiger charge is -2.51. The van der Waals surface area contributed by atoms with Gasteiger partial charge in [0.05, 0.1) is 67.8 Å². The fourth-order valence-electron chi connectivity index (χ4n) is 3.41. The van der Waals surface area contributed by atoms with Crippen molar-refractivity contribution in [1.29, 1.82) is 0 Å². The monoisotopic (exact) mass is 417 g/mol. The van der Waals surface area contributed by atoms with Gasteiger partial charge in [0, 0.05) is 38.8 Å². The summed E-state index contributed by atoms with van der Waals surface area (Å²) in [6.45, 7) is 15.1. The molecule has 172 valence electrons. The summed E-state index contributed by atoms with van der Waals surface area (Å²) in [5.74, 6) is 0. The summed E-state index contributed by atoms with van der Waals surface area (Å²) in [4.78, 5) is 6.88. The quantitative estimate of drug-likeness (QED) is 0.137. The van der Waals surface area contributed by atoms with Crippen LogP contribution in [0.5, 0.6) is 0 Å². The standard InChI is InChI=1S/C22H47N3O4/c1-9-22(4,24(5,6)12-10-13-26-17-20-18-28-20)29-25(7,8)21(2,3)11-14-27-16-19-15-23-19/h19-20,23H,9-18H2,1-8H3/q+2/t19-,20+,22?/m1/s1. The fraction of sp³-hybridized carbons (Fsp3) is 1.00. The Labute approximate surface area is 178 Å². The first-order valence-electron chi connectivity index (χ1n) is 11.3. The second kappa shape index (κ2) is 9.90. The maximum Gasteiger partial charge on any atom is 0.250 e. The number of quaternary nitrogens is 2. The van der Waals surface area contributed by atoms with E-state index in [0.29, 0.717) is 16.8 Å². The highest BCUT2D eigenvalue weighted by atomic mass is 16.7. The molecule has 1 N–H and O–H groups in total. The zero-order chi connectivity index (χ0) is 21.8. The number of hydrogen-bond donors (Lipinski definition) is 1. The number of epoxide rings is 1. The van der Waals surface area contributed by atoms with Gasteiger partial charge in [-0.25, -0.2) is 0 Å². The molecule has 0 aromatic carbocycles. The van der Waals surface area contributed by atoms with Crippen molar-refractivity contribution in [2.45, 2.75) is 70.4 Å². The largest absolute Gasteiger partial charge is 0.380 e. The molecule has 2 rings (SSSR count). The van der Waals surface area contributed by atoms with Crippen LogP contribution in [0.4, 0.5) is 0 Å². The maximum atomic E-state index is 6.88. The average Bonchev–Trinajstić information content (AvgIpc) is 3.52. The smallest absolute Gasteiger partial charge is 0.250 e. The fourth-order valence-corrected chi connectivity index (χ4v) is 3.41. The van der Waals surface area contributed by atoms with Crippen LogP contribution in [0, 0.1) is 0 Å². The lowest BCUT2D eigenvalue weighted by Crippen LogP contribution is -2.68. The Hall–Kier alpha value is -0.280. The van der Waals surface area contributed by atoms with Crippen LogP contribution in [-0.4, -0.2) is 107 Å². The Morgan fingerprint density at radius 3 is 2.21 bits per heavy atom. The van der Waals surface area contributed by atoms with Gasteiger partial charge in [-0.15, -0.1) is 4.84 Å². The lowest BCUT2D eigenvalue weighted by molar-refractivity contribution is -1.17. The SMILES string of the molecule is CCC(C)(O[N+](C)(C)C(C)(C)CCOC[C@H]1CN1)[N+](C)(C)CCCOC[C@H]1CO1. The summed E-state index contributed by atoms with van der Waals surface area (Å²) >= 11 is 0. The third-order valence-corrected chi connectivity index (χ3v) is 7.20. The summed E-state index contributed by atoms with van der Waals surface area (Å²) < 4.78 is 18.1. The van der Waals surface area contributed by atoms with Crippen LogP contribution in [0.1, 0.15) is 47.0 Å². The van der Waals surface area contributed by atoms with E-state index in [-0.39, 0.29) is 11.3 Å². The highest BCUT2D eigenvalue weighted by molar-refractivity contribution is 4.82. The van der Waals surface area contributed by atoms with Crippen molar-refractivity contribution in [1.82, 2.24) is 5.32 Å². The first kappa shape index (κ1) is 25.0. The molecule has 0 bridgehead atoms. The molecule has 7 heteroatoms. The molecule has 0 amide bonds. The van der Waals surface area contributed by atoms with Crippen LogP contribution in [0.15, 0.2) is 0 Å². The Morgan fingerprint density at radius 1 is 1.03 bits per heavy atom. The summed E-state index contributed by atoms with van der Waals surface area (Å²) in [6.07, 6.45) is 3.25. The second-order valence-corrected chi connectivity index (χ2v) is 10.5. The molecule has 7 nitrogen and oxygen atoms in total. The highest BCUT2D eigenvalue weighted by Gasteiger charge is 2.51. The zero-order valence-corrected chi connectivity index (χ0v) is 20.3. The van der Waals surface area contributed by atoms with Gasteiger partial charge in [0.1, 0.15) is 11.6 Å². The maximum absolute atomic E-state index is 6.88. The van der Waals surface area contributed by atoms with Crippen molar-refractivity contribution in [2.24, 2.45) is 0 Å². The van der Waals surface area contributed by atoms with Crippen LogP contribution in [-0.2, 0) is 19.0 Å². The van der Waals surface area contributed by atoms with Crippen molar-refractivity contribution in [2.75, 3.05) is 74.3 Å². The molecule has 0 spiro atoms. The van der Waals surface area contributed by atoms with E-state index in [1.807, 2.05) is 0 Å². The summed E-state index contributed by atoms with van der Waals surface area (Å²) in [7, 11) is 8.89. The molecule has 0 aromatic rings. The van der Waals surface area contributed by atoms with E-state index in [4.69, 9.17) is 19.0 Å². The zero-order valence-electron chi connectivity index (χ0n) is 20.3. The van der Waals surface area contributed by atoms with E-state index >= 15 is 0 Å².